The highest BCUT2D eigenvalue weighted by atomic mass is 32.2. The molecule has 0 amide bonds. The minimum atomic E-state index is -1.01. The molecule has 0 aliphatic heterocycles. The first-order valence-corrected chi connectivity index (χ1v) is 6.76. The maximum Gasteiger partial charge on any atom is 0.321 e. The number of nitrogens with two attached hydrogens (primary N) is 1. The Kier molecular flexibility index (Phi) is 4.53. The van der Waals surface area contributed by atoms with Crippen LogP contribution in [0.3, 0.4) is 0 Å². The highest BCUT2D eigenvalue weighted by Crippen LogP contribution is 2.17. The van der Waals surface area contributed by atoms with Crippen molar-refractivity contribution >= 4 is 17.7 Å². The van der Waals surface area contributed by atoms with Crippen molar-refractivity contribution in [1.29, 1.82) is 0 Å². The highest BCUT2D eigenvalue weighted by molar-refractivity contribution is 7.98. The number of hydrogen-bond acceptors (Lipinski definition) is 6. The fourth-order valence-corrected chi connectivity index (χ4v) is 2.17. The van der Waals surface area contributed by atoms with Crippen LogP contribution in [0.2, 0.25) is 0 Å². The second-order valence-corrected chi connectivity index (χ2v) is 4.87. The molecule has 1 atom stereocenters. The quantitative estimate of drug-likeness (QED) is 0.823. The van der Waals surface area contributed by atoms with Crippen LogP contribution in [0.4, 0.5) is 0 Å². The van der Waals surface area contributed by atoms with Crippen LogP contribution < -0.4 is 5.73 Å². The Morgan fingerprint density at radius 1 is 1.42 bits per heavy atom. The number of aromatic nitrogens is 2. The molecule has 3 N–H and O–H groups in total. The van der Waals surface area contributed by atoms with Gasteiger partial charge in [0.15, 0.2) is 0 Å². The molecule has 0 bridgehead atoms. The first-order valence-electron chi connectivity index (χ1n) is 5.61. The average molecular weight is 279 g/mol. The minimum Gasteiger partial charge on any atom is -0.480 e. The van der Waals surface area contributed by atoms with Gasteiger partial charge >= 0.3 is 5.97 Å². The monoisotopic (exact) mass is 279 g/mol. The molecule has 2 rings (SSSR count). The summed E-state index contributed by atoms with van der Waals surface area (Å²) in [4.78, 5) is 14.8. The highest BCUT2D eigenvalue weighted by Gasteiger charge is 2.13. The number of thioether (sulfide) groups is 1. The van der Waals surface area contributed by atoms with Crippen LogP contribution in [0.5, 0.6) is 0 Å². The number of rotatable bonds is 6. The Bertz CT molecular complexity index is 544. The fourth-order valence-electron chi connectivity index (χ4n) is 1.36. The van der Waals surface area contributed by atoms with E-state index in [9.17, 15) is 4.79 Å². The van der Waals surface area contributed by atoms with Crippen LogP contribution in [0.25, 0.3) is 11.4 Å². The van der Waals surface area contributed by atoms with E-state index in [-0.39, 0.29) is 0 Å². The van der Waals surface area contributed by atoms with Gasteiger partial charge in [-0.25, -0.2) is 0 Å². The van der Waals surface area contributed by atoms with Crippen LogP contribution in [-0.2, 0) is 10.5 Å². The molecule has 0 aliphatic carbocycles. The van der Waals surface area contributed by atoms with Gasteiger partial charge in [0.25, 0.3) is 0 Å². The second kappa shape index (κ2) is 6.35. The van der Waals surface area contributed by atoms with Crippen LogP contribution in [0, 0.1) is 0 Å². The lowest BCUT2D eigenvalue weighted by atomic mass is 10.2. The van der Waals surface area contributed by atoms with Crippen molar-refractivity contribution in [3.8, 4) is 11.4 Å². The Morgan fingerprint density at radius 3 is 2.84 bits per heavy atom. The summed E-state index contributed by atoms with van der Waals surface area (Å²) in [5.41, 5.74) is 6.27. The largest absolute Gasteiger partial charge is 0.480 e. The van der Waals surface area contributed by atoms with Crippen molar-refractivity contribution in [3.63, 3.8) is 0 Å². The summed E-state index contributed by atoms with van der Waals surface area (Å²) in [6.45, 7) is 0. The maximum absolute atomic E-state index is 10.5. The number of carboxylic acid groups (broad SMARTS) is 1. The van der Waals surface area contributed by atoms with Crippen molar-refractivity contribution in [2.75, 3.05) is 5.75 Å². The van der Waals surface area contributed by atoms with E-state index in [1.54, 1.807) is 0 Å². The Hall–Kier alpha value is -1.86. The maximum atomic E-state index is 10.5. The van der Waals surface area contributed by atoms with Gasteiger partial charge in [-0.2, -0.15) is 4.98 Å². The van der Waals surface area contributed by atoms with Crippen LogP contribution in [0.15, 0.2) is 34.9 Å². The van der Waals surface area contributed by atoms with Crippen molar-refractivity contribution in [2.45, 2.75) is 11.8 Å². The molecular formula is C12H13N3O3S. The Balaban J connectivity index is 1.90. The fraction of sp³-hybridized carbons (Fsp3) is 0.250. The lowest BCUT2D eigenvalue weighted by Gasteiger charge is -2.03. The van der Waals surface area contributed by atoms with Crippen LogP contribution in [0.1, 0.15) is 5.89 Å². The van der Waals surface area contributed by atoms with E-state index >= 15 is 0 Å². The number of hydrogen-bond donors (Lipinski definition) is 2. The van der Waals surface area contributed by atoms with Gasteiger partial charge in [0.2, 0.25) is 11.7 Å². The van der Waals surface area contributed by atoms with Gasteiger partial charge in [-0.3, -0.25) is 4.79 Å². The van der Waals surface area contributed by atoms with Crippen molar-refractivity contribution in [2.24, 2.45) is 5.73 Å². The molecule has 7 heteroatoms. The zero-order valence-corrected chi connectivity index (χ0v) is 10.8. The van der Waals surface area contributed by atoms with Crippen LogP contribution >= 0.6 is 11.8 Å². The molecule has 1 aromatic heterocycles. The molecule has 100 valence electrons. The molecular weight excluding hydrogens is 266 g/mol. The van der Waals surface area contributed by atoms with Crippen molar-refractivity contribution < 1.29 is 14.4 Å². The lowest BCUT2D eigenvalue weighted by molar-refractivity contribution is -0.137. The minimum absolute atomic E-state index is 0.304. The van der Waals surface area contributed by atoms with E-state index in [4.69, 9.17) is 15.4 Å². The zero-order chi connectivity index (χ0) is 13.7. The SMILES string of the molecule is NC(CSCc1nc(-c2ccccc2)no1)C(=O)O. The van der Waals surface area contributed by atoms with Gasteiger partial charge in [0.1, 0.15) is 6.04 Å². The van der Waals surface area contributed by atoms with E-state index in [1.807, 2.05) is 30.3 Å². The summed E-state index contributed by atoms with van der Waals surface area (Å²) in [5, 5.41) is 12.5. The molecule has 0 fully saturated rings. The number of aliphatic carboxylic acids is 1. The average Bonchev–Trinajstić information content (AvgIpc) is 2.88. The third-order valence-corrected chi connectivity index (χ3v) is 3.39. The van der Waals surface area contributed by atoms with Gasteiger partial charge in [-0.15, -0.1) is 11.8 Å². The summed E-state index contributed by atoms with van der Waals surface area (Å²) >= 11 is 1.35. The van der Waals surface area contributed by atoms with E-state index in [2.05, 4.69) is 10.1 Å². The molecule has 0 saturated carbocycles. The molecule has 6 nitrogen and oxygen atoms in total. The van der Waals surface area contributed by atoms with Gasteiger partial charge in [0, 0.05) is 11.3 Å². The number of carbonyl (C=O) groups is 1. The molecule has 0 radical (unpaired) electrons. The predicted molar refractivity (Wildman–Crippen MR) is 71.5 cm³/mol. The lowest BCUT2D eigenvalue weighted by Crippen LogP contribution is -2.32. The van der Waals surface area contributed by atoms with Crippen LogP contribution in [-0.4, -0.2) is 33.0 Å². The Morgan fingerprint density at radius 2 is 2.16 bits per heavy atom. The molecule has 0 saturated heterocycles. The van der Waals surface area contributed by atoms with E-state index in [0.29, 0.717) is 23.2 Å². The first kappa shape index (κ1) is 13.6. The summed E-state index contributed by atoms with van der Waals surface area (Å²) in [6.07, 6.45) is 0. The van der Waals surface area contributed by atoms with E-state index < -0.39 is 12.0 Å². The molecule has 1 aromatic carbocycles. The third kappa shape index (κ3) is 3.80. The number of benzene rings is 1. The first-order chi connectivity index (χ1) is 9.16. The van der Waals surface area contributed by atoms with Crippen molar-refractivity contribution in [3.05, 3.63) is 36.2 Å². The van der Waals surface area contributed by atoms with E-state index in [1.165, 1.54) is 11.8 Å². The van der Waals surface area contributed by atoms with Gasteiger partial charge in [0.05, 0.1) is 5.75 Å². The standard InChI is InChI=1S/C12H13N3O3S/c13-9(12(16)17)6-19-7-10-14-11(15-18-10)8-4-2-1-3-5-8/h1-5,9H,6-7,13H2,(H,16,17). The number of nitrogens with zero attached hydrogens (tertiary/aromatic N) is 2. The van der Waals surface area contributed by atoms with Crippen molar-refractivity contribution in [1.82, 2.24) is 10.1 Å². The molecule has 1 heterocycles. The molecule has 1 unspecified atom stereocenters. The third-order valence-electron chi connectivity index (χ3n) is 2.34. The molecule has 2 aromatic rings. The predicted octanol–water partition coefficient (Wildman–Crippen LogP) is 1.38. The summed E-state index contributed by atoms with van der Waals surface area (Å²) in [6, 6.07) is 8.61. The number of carboxylic acids is 1. The van der Waals surface area contributed by atoms with Gasteiger partial charge in [-0.1, -0.05) is 35.5 Å². The Labute approximate surface area is 114 Å². The molecule has 0 aliphatic rings. The van der Waals surface area contributed by atoms with E-state index in [0.717, 1.165) is 5.56 Å². The summed E-state index contributed by atoms with van der Waals surface area (Å²) in [5.74, 6) is 0.724. The molecule has 19 heavy (non-hydrogen) atoms. The summed E-state index contributed by atoms with van der Waals surface area (Å²) in [7, 11) is 0. The summed E-state index contributed by atoms with van der Waals surface area (Å²) < 4.78 is 5.09. The zero-order valence-electron chi connectivity index (χ0n) is 10.0. The second-order valence-electron chi connectivity index (χ2n) is 3.84. The van der Waals surface area contributed by atoms with Gasteiger partial charge < -0.3 is 15.4 Å². The van der Waals surface area contributed by atoms with Gasteiger partial charge in [-0.05, 0) is 0 Å². The normalized spacial score (nSPS) is 12.3. The molecule has 0 spiro atoms. The smallest absolute Gasteiger partial charge is 0.321 e. The topological polar surface area (TPSA) is 102 Å².